The summed E-state index contributed by atoms with van der Waals surface area (Å²) in [6.45, 7) is 1.02. The molecule has 23 heavy (non-hydrogen) atoms. The Balaban J connectivity index is 1.77. The van der Waals surface area contributed by atoms with E-state index in [2.05, 4.69) is 15.3 Å². The van der Waals surface area contributed by atoms with Gasteiger partial charge in [0.15, 0.2) is 0 Å². The molecule has 3 rings (SSSR count). The van der Waals surface area contributed by atoms with Gasteiger partial charge in [-0.15, -0.1) is 0 Å². The van der Waals surface area contributed by atoms with Crippen LogP contribution < -0.4 is 5.43 Å². The number of carboxylic acids is 1. The van der Waals surface area contributed by atoms with E-state index >= 15 is 0 Å². The number of nitrogens with zero attached hydrogens (tertiary/aromatic N) is 3. The average molecular weight is 339 g/mol. The lowest BCUT2D eigenvalue weighted by Crippen LogP contribution is -2.56. The molecule has 2 aliphatic heterocycles. The Labute approximate surface area is 139 Å². The third-order valence-electron chi connectivity index (χ3n) is 4.58. The Morgan fingerprint density at radius 1 is 1.43 bits per heavy atom. The zero-order chi connectivity index (χ0) is 16.6. The van der Waals surface area contributed by atoms with Crippen molar-refractivity contribution in [1.82, 2.24) is 20.3 Å². The van der Waals surface area contributed by atoms with Gasteiger partial charge in [0.2, 0.25) is 5.91 Å². The number of aliphatic carboxylic acids is 1. The minimum Gasteiger partial charge on any atom is -0.481 e. The van der Waals surface area contributed by atoms with Gasteiger partial charge in [-0.1, -0.05) is 11.6 Å². The van der Waals surface area contributed by atoms with Gasteiger partial charge >= 0.3 is 5.97 Å². The molecule has 0 spiro atoms. The number of carboxylic acid groups (broad SMARTS) is 1. The van der Waals surface area contributed by atoms with Crippen LogP contribution in [-0.4, -0.2) is 58.2 Å². The second-order valence-electron chi connectivity index (χ2n) is 6.04. The first-order valence-corrected chi connectivity index (χ1v) is 7.94. The minimum absolute atomic E-state index is 0.0307. The summed E-state index contributed by atoms with van der Waals surface area (Å²) in [6, 6.07) is 3.52. The van der Waals surface area contributed by atoms with Crippen LogP contribution in [0.25, 0.3) is 0 Å². The first-order chi connectivity index (χ1) is 11.0. The van der Waals surface area contributed by atoms with Crippen LogP contribution in [0.2, 0.25) is 5.02 Å². The molecule has 0 aromatic carbocycles. The molecule has 2 aliphatic rings. The molecular formula is C15H19ClN4O3. The molecule has 1 unspecified atom stereocenters. The number of nitrogens with one attached hydrogen (secondary N) is 1. The van der Waals surface area contributed by atoms with Crippen LogP contribution in [0.3, 0.4) is 0 Å². The fraction of sp³-hybridized carbons (Fsp3) is 0.533. The van der Waals surface area contributed by atoms with Crippen LogP contribution in [0, 0.1) is 5.92 Å². The molecule has 124 valence electrons. The quantitative estimate of drug-likeness (QED) is 0.852. The predicted octanol–water partition coefficient (Wildman–Crippen LogP) is 0.918. The van der Waals surface area contributed by atoms with Crippen LogP contribution in [0.5, 0.6) is 0 Å². The van der Waals surface area contributed by atoms with Gasteiger partial charge in [0.05, 0.1) is 17.1 Å². The van der Waals surface area contributed by atoms with Gasteiger partial charge in [-0.2, -0.15) is 0 Å². The molecule has 0 bridgehead atoms. The van der Waals surface area contributed by atoms with Crippen LogP contribution in [0.1, 0.15) is 24.5 Å². The molecule has 2 fully saturated rings. The van der Waals surface area contributed by atoms with E-state index in [1.807, 2.05) is 0 Å². The number of aromatic nitrogens is 1. The van der Waals surface area contributed by atoms with Gasteiger partial charge in [-0.25, -0.2) is 5.43 Å². The van der Waals surface area contributed by atoms with Crippen LogP contribution in [0.4, 0.5) is 0 Å². The lowest BCUT2D eigenvalue weighted by atomic mass is 9.93. The van der Waals surface area contributed by atoms with E-state index in [4.69, 9.17) is 11.6 Å². The lowest BCUT2D eigenvalue weighted by molar-refractivity contribution is -0.143. The molecule has 8 heteroatoms. The Morgan fingerprint density at radius 2 is 2.22 bits per heavy atom. The number of halogens is 1. The minimum atomic E-state index is -0.825. The van der Waals surface area contributed by atoms with Gasteiger partial charge in [-0.3, -0.25) is 24.5 Å². The van der Waals surface area contributed by atoms with E-state index in [9.17, 15) is 14.7 Å². The van der Waals surface area contributed by atoms with E-state index in [1.54, 1.807) is 25.4 Å². The lowest BCUT2D eigenvalue weighted by Gasteiger charge is -2.36. The summed E-state index contributed by atoms with van der Waals surface area (Å²) >= 11 is 5.86. The highest BCUT2D eigenvalue weighted by Gasteiger charge is 2.42. The number of hydrazine groups is 1. The van der Waals surface area contributed by atoms with E-state index in [-0.39, 0.29) is 18.0 Å². The molecule has 7 nitrogen and oxygen atoms in total. The molecule has 0 aliphatic carbocycles. The topological polar surface area (TPSA) is 85.8 Å². The van der Waals surface area contributed by atoms with E-state index < -0.39 is 11.9 Å². The monoisotopic (exact) mass is 338 g/mol. The molecular weight excluding hydrogens is 320 g/mol. The molecule has 3 atom stereocenters. The Kier molecular flexibility index (Phi) is 4.52. The number of likely N-dealkylation sites (tertiary alicyclic amines) is 1. The fourth-order valence-electron chi connectivity index (χ4n) is 3.30. The van der Waals surface area contributed by atoms with Gasteiger partial charge in [0, 0.05) is 44.4 Å². The Hall–Kier alpha value is -1.70. The van der Waals surface area contributed by atoms with Crippen molar-refractivity contribution in [2.24, 2.45) is 5.92 Å². The van der Waals surface area contributed by atoms with Crippen molar-refractivity contribution in [3.63, 3.8) is 0 Å². The Morgan fingerprint density at radius 3 is 2.83 bits per heavy atom. The number of hydrogen-bond acceptors (Lipinski definition) is 5. The largest absolute Gasteiger partial charge is 0.481 e. The summed E-state index contributed by atoms with van der Waals surface area (Å²) in [5.41, 5.74) is 3.86. The van der Waals surface area contributed by atoms with Crippen molar-refractivity contribution in [3.8, 4) is 0 Å². The third-order valence-corrected chi connectivity index (χ3v) is 4.81. The van der Waals surface area contributed by atoms with Crippen LogP contribution in [-0.2, 0) is 9.59 Å². The average Bonchev–Trinajstić information content (AvgIpc) is 2.96. The summed E-state index contributed by atoms with van der Waals surface area (Å²) in [4.78, 5) is 29.6. The first kappa shape index (κ1) is 16.2. The van der Waals surface area contributed by atoms with E-state index in [1.165, 1.54) is 5.01 Å². The molecule has 0 radical (unpaired) electrons. The van der Waals surface area contributed by atoms with Crippen molar-refractivity contribution in [2.45, 2.75) is 24.9 Å². The highest BCUT2D eigenvalue weighted by Crippen LogP contribution is 2.34. The molecule has 1 aromatic rings. The van der Waals surface area contributed by atoms with Crippen molar-refractivity contribution in [1.29, 1.82) is 0 Å². The number of carbonyl (C=O) groups is 2. The second kappa shape index (κ2) is 6.43. The zero-order valence-electron chi connectivity index (χ0n) is 12.8. The maximum atomic E-state index is 11.6. The summed E-state index contributed by atoms with van der Waals surface area (Å²) in [5, 5.41) is 11.6. The normalized spacial score (nSPS) is 29.0. The van der Waals surface area contributed by atoms with Gasteiger partial charge < -0.3 is 5.11 Å². The van der Waals surface area contributed by atoms with Gasteiger partial charge in [0.25, 0.3) is 0 Å². The molecule has 1 amide bonds. The van der Waals surface area contributed by atoms with Gasteiger partial charge in [0.1, 0.15) is 0 Å². The molecule has 1 aromatic heterocycles. The van der Waals surface area contributed by atoms with Crippen LogP contribution >= 0.6 is 11.6 Å². The highest BCUT2D eigenvalue weighted by atomic mass is 35.5. The fourth-order valence-corrected chi connectivity index (χ4v) is 3.41. The molecule has 2 N–H and O–H groups in total. The Bertz CT molecular complexity index is 609. The first-order valence-electron chi connectivity index (χ1n) is 7.56. The summed E-state index contributed by atoms with van der Waals surface area (Å²) in [7, 11) is 1.69. The van der Waals surface area contributed by atoms with Crippen molar-refractivity contribution >= 4 is 23.5 Å². The smallest absolute Gasteiger partial charge is 0.308 e. The van der Waals surface area contributed by atoms with Crippen molar-refractivity contribution in [2.75, 3.05) is 20.1 Å². The molecule has 2 saturated heterocycles. The third kappa shape index (κ3) is 3.31. The summed E-state index contributed by atoms with van der Waals surface area (Å²) < 4.78 is 0. The highest BCUT2D eigenvalue weighted by molar-refractivity contribution is 6.30. The van der Waals surface area contributed by atoms with Crippen molar-refractivity contribution in [3.05, 3.63) is 29.0 Å². The standard InChI is InChI=1S/C15H19ClN4O3/c1-19-14(21)5-4-13(18-19)20-7-10(11(8-20)15(22)23)12-3-2-9(16)6-17-12/h2-3,6,10-11,13,18H,4-5,7-8H2,1H3,(H,22,23)/t10-,11-,13?/m1/s1. The second-order valence-corrected chi connectivity index (χ2v) is 6.48. The zero-order valence-corrected chi connectivity index (χ0v) is 13.5. The van der Waals surface area contributed by atoms with Crippen molar-refractivity contribution < 1.29 is 14.7 Å². The predicted molar refractivity (Wildman–Crippen MR) is 83.6 cm³/mol. The molecule has 3 heterocycles. The molecule has 0 saturated carbocycles. The number of carbonyl (C=O) groups excluding carboxylic acids is 1. The van der Waals surface area contributed by atoms with Crippen LogP contribution in [0.15, 0.2) is 18.3 Å². The van der Waals surface area contributed by atoms with E-state index in [0.29, 0.717) is 31.0 Å². The number of rotatable bonds is 3. The number of amides is 1. The number of pyridine rings is 1. The maximum Gasteiger partial charge on any atom is 0.308 e. The SMILES string of the molecule is CN1NC(N2C[C@@H](C(=O)O)[C@H](c3ccc(Cl)cn3)C2)CCC1=O. The van der Waals surface area contributed by atoms with E-state index in [0.717, 1.165) is 5.69 Å². The summed E-state index contributed by atoms with van der Waals surface area (Å²) in [5.74, 6) is -1.48. The van der Waals surface area contributed by atoms with Gasteiger partial charge in [-0.05, 0) is 18.6 Å². The maximum absolute atomic E-state index is 11.6. The number of hydrogen-bond donors (Lipinski definition) is 2. The summed E-state index contributed by atoms with van der Waals surface area (Å²) in [6.07, 6.45) is 2.66.